The highest BCUT2D eigenvalue weighted by atomic mass is 16.1. The van der Waals surface area contributed by atoms with Crippen LogP contribution in [0.2, 0.25) is 0 Å². The second kappa shape index (κ2) is 5.19. The van der Waals surface area contributed by atoms with E-state index in [1.54, 1.807) is 18.3 Å². The van der Waals surface area contributed by atoms with Crippen LogP contribution in [0.4, 0.5) is 11.4 Å². The summed E-state index contributed by atoms with van der Waals surface area (Å²) in [5, 5.41) is 0.914. The standard InChI is InChI=1S/C18H16N4O2/c1-10-9-22(13-5-3-2-4-12(13)17(19)24)14-8-11-6-7-20-18(11)21-15(14)16(10)23/h2-8,10H,9H2,1H3,(H2,19,24)(H,20,21)/t10-/m0/s1. The van der Waals surface area contributed by atoms with Crippen molar-refractivity contribution in [2.75, 3.05) is 11.4 Å². The van der Waals surface area contributed by atoms with Crippen molar-refractivity contribution in [1.29, 1.82) is 0 Å². The molecular weight excluding hydrogens is 304 g/mol. The Morgan fingerprint density at radius 3 is 2.88 bits per heavy atom. The summed E-state index contributed by atoms with van der Waals surface area (Å²) in [5.74, 6) is -0.708. The van der Waals surface area contributed by atoms with Crippen LogP contribution in [0.3, 0.4) is 0 Å². The average Bonchev–Trinajstić information content (AvgIpc) is 3.04. The van der Waals surface area contributed by atoms with Crippen molar-refractivity contribution >= 4 is 34.1 Å². The van der Waals surface area contributed by atoms with E-state index in [1.807, 2.05) is 36.1 Å². The number of hydrogen-bond donors (Lipinski definition) is 2. The number of carbonyl (C=O) groups is 2. The molecule has 6 heteroatoms. The number of para-hydroxylation sites is 1. The molecule has 1 aromatic carbocycles. The SMILES string of the molecule is C[C@H]1CN(c2ccccc2C(N)=O)c2cc3cc[nH]c3nc2C1=O. The molecule has 0 saturated carbocycles. The minimum atomic E-state index is -0.493. The Balaban J connectivity index is 1.97. The number of hydrogen-bond acceptors (Lipinski definition) is 4. The van der Waals surface area contributed by atoms with E-state index in [-0.39, 0.29) is 11.7 Å². The van der Waals surface area contributed by atoms with E-state index in [9.17, 15) is 9.59 Å². The summed E-state index contributed by atoms with van der Waals surface area (Å²) < 4.78 is 0. The molecule has 0 fully saturated rings. The largest absolute Gasteiger partial charge is 0.366 e. The number of carbonyl (C=O) groups excluding carboxylic acids is 2. The Kier molecular flexibility index (Phi) is 3.13. The number of amides is 1. The summed E-state index contributed by atoms with van der Waals surface area (Å²) in [7, 11) is 0. The Labute approximate surface area is 138 Å². The molecule has 24 heavy (non-hydrogen) atoms. The number of primary amides is 1. The van der Waals surface area contributed by atoms with E-state index in [0.717, 1.165) is 5.39 Å². The van der Waals surface area contributed by atoms with Gasteiger partial charge in [-0.2, -0.15) is 0 Å². The van der Waals surface area contributed by atoms with Gasteiger partial charge in [0.15, 0.2) is 5.78 Å². The summed E-state index contributed by atoms with van der Waals surface area (Å²) in [6.07, 6.45) is 1.79. The molecule has 0 spiro atoms. The van der Waals surface area contributed by atoms with Gasteiger partial charge in [-0.25, -0.2) is 4.98 Å². The molecule has 3 heterocycles. The second-order valence-electron chi connectivity index (χ2n) is 6.03. The molecule has 1 amide bonds. The highest BCUT2D eigenvalue weighted by molar-refractivity contribution is 6.08. The third-order valence-electron chi connectivity index (χ3n) is 4.40. The van der Waals surface area contributed by atoms with Crippen LogP contribution in [-0.2, 0) is 0 Å². The summed E-state index contributed by atoms with van der Waals surface area (Å²) in [4.78, 5) is 33.9. The van der Waals surface area contributed by atoms with E-state index in [2.05, 4.69) is 9.97 Å². The van der Waals surface area contributed by atoms with Crippen LogP contribution in [-0.4, -0.2) is 28.2 Å². The number of pyridine rings is 1. The smallest absolute Gasteiger partial charge is 0.250 e. The van der Waals surface area contributed by atoms with Crippen molar-refractivity contribution < 1.29 is 9.59 Å². The topological polar surface area (TPSA) is 92.1 Å². The molecule has 1 aliphatic heterocycles. The van der Waals surface area contributed by atoms with E-state index >= 15 is 0 Å². The first kappa shape index (κ1) is 14.4. The molecule has 6 nitrogen and oxygen atoms in total. The van der Waals surface area contributed by atoms with Gasteiger partial charge < -0.3 is 15.6 Å². The number of nitrogens with two attached hydrogens (primary N) is 1. The molecule has 0 radical (unpaired) electrons. The lowest BCUT2D eigenvalue weighted by atomic mass is 9.94. The Morgan fingerprint density at radius 2 is 2.08 bits per heavy atom. The predicted molar refractivity (Wildman–Crippen MR) is 91.6 cm³/mol. The minimum Gasteiger partial charge on any atom is -0.366 e. The first-order valence-electron chi connectivity index (χ1n) is 7.75. The predicted octanol–water partition coefficient (Wildman–Crippen LogP) is 2.63. The molecule has 0 aliphatic carbocycles. The molecule has 0 saturated heterocycles. The van der Waals surface area contributed by atoms with Gasteiger partial charge in [0.1, 0.15) is 11.3 Å². The zero-order chi connectivity index (χ0) is 16.8. The number of nitrogens with one attached hydrogen (secondary N) is 1. The van der Waals surface area contributed by atoms with Gasteiger partial charge in [0, 0.05) is 24.0 Å². The highest BCUT2D eigenvalue weighted by Gasteiger charge is 2.33. The number of ketones is 1. The summed E-state index contributed by atoms with van der Waals surface area (Å²) in [5.41, 5.74) is 8.46. The van der Waals surface area contributed by atoms with Gasteiger partial charge >= 0.3 is 0 Å². The summed E-state index contributed by atoms with van der Waals surface area (Å²) in [6, 6.07) is 11.0. The van der Waals surface area contributed by atoms with E-state index < -0.39 is 5.91 Å². The molecule has 4 rings (SSSR count). The van der Waals surface area contributed by atoms with Crippen LogP contribution in [0.1, 0.15) is 27.8 Å². The Morgan fingerprint density at radius 1 is 1.29 bits per heavy atom. The third kappa shape index (κ3) is 2.07. The van der Waals surface area contributed by atoms with Gasteiger partial charge in [0.05, 0.1) is 16.9 Å². The fourth-order valence-electron chi connectivity index (χ4n) is 3.19. The Bertz CT molecular complexity index is 976. The summed E-state index contributed by atoms with van der Waals surface area (Å²) in [6.45, 7) is 2.35. The first-order chi connectivity index (χ1) is 11.6. The van der Waals surface area contributed by atoms with Crippen LogP contribution in [0.15, 0.2) is 42.6 Å². The first-order valence-corrected chi connectivity index (χ1v) is 7.75. The zero-order valence-corrected chi connectivity index (χ0v) is 13.1. The summed E-state index contributed by atoms with van der Waals surface area (Å²) >= 11 is 0. The van der Waals surface area contributed by atoms with E-state index in [1.165, 1.54) is 0 Å². The molecule has 3 aromatic rings. The van der Waals surface area contributed by atoms with Gasteiger partial charge in [0.25, 0.3) is 5.91 Å². The minimum absolute atomic E-state index is 0.00862. The fraction of sp³-hybridized carbons (Fsp3) is 0.167. The van der Waals surface area contributed by atoms with Crippen LogP contribution < -0.4 is 10.6 Å². The van der Waals surface area contributed by atoms with Crippen molar-refractivity contribution in [2.45, 2.75) is 6.92 Å². The average molecular weight is 320 g/mol. The normalized spacial score (nSPS) is 17.1. The number of benzene rings is 1. The van der Waals surface area contributed by atoms with Crippen molar-refractivity contribution in [3.63, 3.8) is 0 Å². The quantitative estimate of drug-likeness (QED) is 0.759. The Hall–Kier alpha value is -3.15. The van der Waals surface area contributed by atoms with Crippen molar-refractivity contribution in [3.05, 3.63) is 53.9 Å². The maximum Gasteiger partial charge on any atom is 0.250 e. The maximum absolute atomic E-state index is 12.6. The number of Topliss-reactive ketones (excluding diaryl/α,β-unsaturated/α-hetero) is 1. The number of aromatic amines is 1. The van der Waals surface area contributed by atoms with Crippen LogP contribution in [0, 0.1) is 5.92 Å². The number of aromatic nitrogens is 2. The van der Waals surface area contributed by atoms with Gasteiger partial charge in [-0.05, 0) is 24.3 Å². The van der Waals surface area contributed by atoms with Crippen molar-refractivity contribution in [3.8, 4) is 0 Å². The zero-order valence-electron chi connectivity index (χ0n) is 13.1. The van der Waals surface area contributed by atoms with Gasteiger partial charge in [-0.3, -0.25) is 9.59 Å². The molecule has 3 N–H and O–H groups in total. The molecule has 1 atom stereocenters. The number of anilines is 2. The molecule has 0 bridgehead atoms. The lowest BCUT2D eigenvalue weighted by Crippen LogP contribution is -2.36. The van der Waals surface area contributed by atoms with Crippen LogP contribution in [0.5, 0.6) is 0 Å². The third-order valence-corrected chi connectivity index (χ3v) is 4.40. The van der Waals surface area contributed by atoms with Crippen molar-refractivity contribution in [1.82, 2.24) is 9.97 Å². The molecule has 1 aliphatic rings. The number of nitrogens with zero attached hydrogens (tertiary/aromatic N) is 2. The lowest BCUT2D eigenvalue weighted by molar-refractivity contribution is 0.0923. The maximum atomic E-state index is 12.6. The highest BCUT2D eigenvalue weighted by Crippen LogP contribution is 2.37. The van der Waals surface area contributed by atoms with Crippen LogP contribution >= 0.6 is 0 Å². The van der Waals surface area contributed by atoms with Gasteiger partial charge in [-0.15, -0.1) is 0 Å². The second-order valence-corrected chi connectivity index (χ2v) is 6.03. The number of rotatable bonds is 2. The molecule has 2 aromatic heterocycles. The van der Waals surface area contributed by atoms with E-state index in [4.69, 9.17) is 5.73 Å². The van der Waals surface area contributed by atoms with Gasteiger partial charge in [0.2, 0.25) is 0 Å². The van der Waals surface area contributed by atoms with E-state index in [0.29, 0.717) is 34.8 Å². The monoisotopic (exact) mass is 320 g/mol. The van der Waals surface area contributed by atoms with Crippen molar-refractivity contribution in [2.24, 2.45) is 11.7 Å². The molecule has 0 unspecified atom stereocenters. The fourth-order valence-corrected chi connectivity index (χ4v) is 3.19. The lowest BCUT2D eigenvalue weighted by Gasteiger charge is -2.34. The molecular formula is C18H16N4O2. The number of H-pyrrole nitrogens is 1. The molecule has 120 valence electrons. The van der Waals surface area contributed by atoms with Crippen LogP contribution in [0.25, 0.3) is 11.0 Å². The number of fused-ring (bicyclic) bond motifs is 2. The van der Waals surface area contributed by atoms with Gasteiger partial charge in [-0.1, -0.05) is 19.1 Å².